The molecule has 100 valence electrons. The molecule has 0 fully saturated rings. The highest BCUT2D eigenvalue weighted by atomic mass is 32.1. The Bertz CT molecular complexity index is 589. The summed E-state index contributed by atoms with van der Waals surface area (Å²) in [5.74, 6) is 1.60. The van der Waals surface area contributed by atoms with Gasteiger partial charge in [0.1, 0.15) is 10.7 Å². The third-order valence-electron chi connectivity index (χ3n) is 3.55. The van der Waals surface area contributed by atoms with Crippen molar-refractivity contribution in [3.63, 3.8) is 0 Å². The minimum absolute atomic E-state index is 0.00563. The van der Waals surface area contributed by atoms with Crippen molar-refractivity contribution in [3.8, 4) is 0 Å². The van der Waals surface area contributed by atoms with E-state index in [9.17, 15) is 4.79 Å². The minimum atomic E-state index is -0.00563. The van der Waals surface area contributed by atoms with E-state index in [2.05, 4.69) is 19.9 Å². The number of rotatable bonds is 3. The van der Waals surface area contributed by atoms with E-state index in [-0.39, 0.29) is 5.91 Å². The first-order chi connectivity index (χ1) is 9.24. The van der Waals surface area contributed by atoms with Crippen LogP contribution in [0, 0.1) is 12.8 Å². The lowest BCUT2D eigenvalue weighted by Gasteiger charge is -2.23. The molecule has 0 aromatic carbocycles. The van der Waals surface area contributed by atoms with E-state index < -0.39 is 0 Å². The fourth-order valence-electron chi connectivity index (χ4n) is 2.43. The largest absolute Gasteiger partial charge is 0.351 e. The van der Waals surface area contributed by atoms with Crippen LogP contribution in [0.15, 0.2) is 17.9 Å². The van der Waals surface area contributed by atoms with E-state index in [1.165, 1.54) is 11.3 Å². The number of hydrogen-bond donors (Lipinski definition) is 1. The smallest absolute Gasteiger partial charge is 0.263 e. The number of imidazole rings is 1. The summed E-state index contributed by atoms with van der Waals surface area (Å²) in [7, 11) is 0. The van der Waals surface area contributed by atoms with Crippen molar-refractivity contribution in [1.29, 1.82) is 0 Å². The van der Waals surface area contributed by atoms with Gasteiger partial charge >= 0.3 is 0 Å². The van der Waals surface area contributed by atoms with Crippen molar-refractivity contribution in [1.82, 2.24) is 19.9 Å². The standard InChI is InChI=1S/C13H16N4OS/c1-9-12(19-8-16-9)13(18)15-7-10-2-4-17-5-3-14-11(17)6-10/h3,5,8,10H,2,4,6-7H2,1H3,(H,15,18). The lowest BCUT2D eigenvalue weighted by molar-refractivity contribution is 0.0948. The Morgan fingerprint density at radius 1 is 1.58 bits per heavy atom. The molecular weight excluding hydrogens is 260 g/mol. The maximum Gasteiger partial charge on any atom is 0.263 e. The summed E-state index contributed by atoms with van der Waals surface area (Å²) in [6.45, 7) is 3.57. The predicted octanol–water partition coefficient (Wildman–Crippen LogP) is 1.64. The van der Waals surface area contributed by atoms with Crippen LogP contribution in [0.3, 0.4) is 0 Å². The van der Waals surface area contributed by atoms with Crippen molar-refractivity contribution in [2.45, 2.75) is 26.3 Å². The first kappa shape index (κ1) is 12.3. The molecule has 1 aliphatic rings. The first-order valence-corrected chi connectivity index (χ1v) is 7.30. The van der Waals surface area contributed by atoms with Crippen LogP contribution in [-0.4, -0.2) is 27.0 Å². The molecule has 1 N–H and O–H groups in total. The number of nitrogens with one attached hydrogen (secondary N) is 1. The topological polar surface area (TPSA) is 59.8 Å². The highest BCUT2D eigenvalue weighted by molar-refractivity contribution is 7.11. The zero-order chi connectivity index (χ0) is 13.2. The molecule has 0 saturated carbocycles. The second-order valence-corrected chi connectivity index (χ2v) is 5.73. The molecule has 3 heterocycles. The first-order valence-electron chi connectivity index (χ1n) is 6.42. The molecule has 19 heavy (non-hydrogen) atoms. The van der Waals surface area contributed by atoms with Crippen molar-refractivity contribution in [2.24, 2.45) is 5.92 Å². The Hall–Kier alpha value is -1.69. The third kappa shape index (κ3) is 2.53. The highest BCUT2D eigenvalue weighted by Crippen LogP contribution is 2.19. The van der Waals surface area contributed by atoms with Gasteiger partial charge in [0.05, 0.1) is 11.2 Å². The van der Waals surface area contributed by atoms with E-state index in [0.717, 1.165) is 35.8 Å². The fraction of sp³-hybridized carbons (Fsp3) is 0.462. The molecule has 0 aliphatic carbocycles. The van der Waals surface area contributed by atoms with Gasteiger partial charge in [-0.15, -0.1) is 11.3 Å². The molecule has 1 unspecified atom stereocenters. The van der Waals surface area contributed by atoms with Gasteiger partial charge in [-0.05, 0) is 19.3 Å². The lowest BCUT2D eigenvalue weighted by Crippen LogP contribution is -2.33. The van der Waals surface area contributed by atoms with Crippen LogP contribution in [0.1, 0.15) is 27.6 Å². The second-order valence-electron chi connectivity index (χ2n) is 4.87. The summed E-state index contributed by atoms with van der Waals surface area (Å²) in [5.41, 5.74) is 2.52. The molecule has 3 rings (SSSR count). The summed E-state index contributed by atoms with van der Waals surface area (Å²) in [6, 6.07) is 0. The zero-order valence-corrected chi connectivity index (χ0v) is 11.6. The summed E-state index contributed by atoms with van der Waals surface area (Å²) >= 11 is 1.39. The van der Waals surface area contributed by atoms with Gasteiger partial charge in [-0.25, -0.2) is 9.97 Å². The molecule has 0 radical (unpaired) electrons. The Morgan fingerprint density at radius 2 is 2.47 bits per heavy atom. The van der Waals surface area contributed by atoms with E-state index >= 15 is 0 Å². The molecule has 2 aromatic heterocycles. The van der Waals surface area contributed by atoms with Crippen LogP contribution in [0.5, 0.6) is 0 Å². The summed E-state index contributed by atoms with van der Waals surface area (Å²) < 4.78 is 2.19. The molecule has 6 heteroatoms. The van der Waals surface area contributed by atoms with Crippen LogP contribution in [-0.2, 0) is 13.0 Å². The fourth-order valence-corrected chi connectivity index (χ4v) is 3.15. The molecule has 1 aliphatic heterocycles. The van der Waals surface area contributed by atoms with Gasteiger partial charge in [-0.3, -0.25) is 4.79 Å². The van der Waals surface area contributed by atoms with Gasteiger partial charge in [0, 0.05) is 31.9 Å². The second kappa shape index (κ2) is 5.13. The quantitative estimate of drug-likeness (QED) is 0.927. The predicted molar refractivity (Wildman–Crippen MR) is 73.2 cm³/mol. The van der Waals surface area contributed by atoms with E-state index in [0.29, 0.717) is 12.5 Å². The number of hydrogen-bond acceptors (Lipinski definition) is 4. The number of nitrogens with zero attached hydrogens (tertiary/aromatic N) is 3. The van der Waals surface area contributed by atoms with Crippen LogP contribution >= 0.6 is 11.3 Å². The van der Waals surface area contributed by atoms with Gasteiger partial charge in [0.25, 0.3) is 5.91 Å². The molecule has 1 atom stereocenters. The molecule has 0 bridgehead atoms. The number of fused-ring (bicyclic) bond motifs is 1. The molecule has 0 saturated heterocycles. The van der Waals surface area contributed by atoms with Crippen molar-refractivity contribution >= 4 is 17.2 Å². The van der Waals surface area contributed by atoms with Gasteiger partial charge < -0.3 is 9.88 Å². The lowest BCUT2D eigenvalue weighted by atomic mass is 9.98. The normalized spacial score (nSPS) is 18.1. The summed E-state index contributed by atoms with van der Waals surface area (Å²) in [6.07, 6.45) is 5.89. The average Bonchev–Trinajstić information content (AvgIpc) is 3.03. The monoisotopic (exact) mass is 276 g/mol. The van der Waals surface area contributed by atoms with Crippen LogP contribution in [0.25, 0.3) is 0 Å². The van der Waals surface area contributed by atoms with Gasteiger partial charge in [0.2, 0.25) is 0 Å². The van der Waals surface area contributed by atoms with Gasteiger partial charge in [0.15, 0.2) is 0 Å². The van der Waals surface area contributed by atoms with Gasteiger partial charge in [-0.1, -0.05) is 0 Å². The number of carbonyl (C=O) groups excluding carboxylic acids is 1. The summed E-state index contributed by atoms with van der Waals surface area (Å²) in [4.78, 5) is 21.2. The minimum Gasteiger partial charge on any atom is -0.351 e. The van der Waals surface area contributed by atoms with Crippen LogP contribution in [0.4, 0.5) is 0 Å². The molecule has 1 amide bonds. The number of carbonyl (C=O) groups is 1. The number of thiazole rings is 1. The van der Waals surface area contributed by atoms with Crippen molar-refractivity contribution < 1.29 is 4.79 Å². The average molecular weight is 276 g/mol. The van der Waals surface area contributed by atoms with E-state index in [1.54, 1.807) is 5.51 Å². The Labute approximate surface area is 115 Å². The Kier molecular flexibility index (Phi) is 3.33. The van der Waals surface area contributed by atoms with Crippen molar-refractivity contribution in [3.05, 3.63) is 34.3 Å². The zero-order valence-electron chi connectivity index (χ0n) is 10.8. The number of aryl methyl sites for hydroxylation is 2. The Morgan fingerprint density at radius 3 is 3.26 bits per heavy atom. The highest BCUT2D eigenvalue weighted by Gasteiger charge is 2.20. The maximum absolute atomic E-state index is 12.0. The van der Waals surface area contributed by atoms with Crippen LogP contribution < -0.4 is 5.32 Å². The third-order valence-corrected chi connectivity index (χ3v) is 4.48. The van der Waals surface area contributed by atoms with E-state index in [1.807, 2.05) is 19.3 Å². The SMILES string of the molecule is Cc1ncsc1C(=O)NCC1CCn2ccnc2C1. The van der Waals surface area contributed by atoms with Gasteiger partial charge in [-0.2, -0.15) is 0 Å². The van der Waals surface area contributed by atoms with E-state index in [4.69, 9.17) is 0 Å². The van der Waals surface area contributed by atoms with Crippen LogP contribution in [0.2, 0.25) is 0 Å². The Balaban J connectivity index is 1.56. The number of amides is 1. The van der Waals surface area contributed by atoms with Crippen molar-refractivity contribution in [2.75, 3.05) is 6.54 Å². The molecule has 0 spiro atoms. The molecule has 5 nitrogen and oxygen atoms in total. The maximum atomic E-state index is 12.0. The molecule has 2 aromatic rings. The summed E-state index contributed by atoms with van der Waals surface area (Å²) in [5, 5.41) is 3.01. The number of aromatic nitrogens is 3. The molecular formula is C13H16N4OS.